The van der Waals surface area contributed by atoms with Gasteiger partial charge in [-0.3, -0.25) is 4.98 Å². The van der Waals surface area contributed by atoms with Gasteiger partial charge in [-0.2, -0.15) is 0 Å². The summed E-state index contributed by atoms with van der Waals surface area (Å²) in [5.74, 6) is 0.517. The Morgan fingerprint density at radius 3 is 2.68 bits per heavy atom. The van der Waals surface area contributed by atoms with Crippen LogP contribution in [-0.2, 0) is 15.9 Å². The molecule has 2 aliphatic rings. The molecule has 3 heterocycles. The monoisotopic (exact) mass is 346 g/mol. The average molecular weight is 346 g/mol. The third-order valence-corrected chi connectivity index (χ3v) is 5.08. The molecule has 5 nitrogen and oxygen atoms in total. The zero-order valence-corrected chi connectivity index (χ0v) is 15.9. The van der Waals surface area contributed by atoms with Gasteiger partial charge in [-0.15, -0.1) is 0 Å². The van der Waals surface area contributed by atoms with E-state index < -0.39 is 5.60 Å². The molecule has 1 unspecified atom stereocenters. The van der Waals surface area contributed by atoms with Crippen LogP contribution in [0.2, 0.25) is 0 Å². The van der Waals surface area contributed by atoms with E-state index in [0.29, 0.717) is 19.0 Å². The predicted octanol–water partition coefficient (Wildman–Crippen LogP) is 3.74. The van der Waals surface area contributed by atoms with Gasteiger partial charge in [0.1, 0.15) is 5.60 Å². The molecule has 25 heavy (non-hydrogen) atoms. The van der Waals surface area contributed by atoms with Crippen molar-refractivity contribution < 1.29 is 14.3 Å². The van der Waals surface area contributed by atoms with Crippen LogP contribution in [0.15, 0.2) is 18.3 Å². The lowest BCUT2D eigenvalue weighted by atomic mass is 9.84. The van der Waals surface area contributed by atoms with Gasteiger partial charge in [-0.25, -0.2) is 4.79 Å². The maximum Gasteiger partial charge on any atom is 0.410 e. The molecule has 3 rings (SSSR count). The van der Waals surface area contributed by atoms with Gasteiger partial charge in [0.15, 0.2) is 0 Å². The van der Waals surface area contributed by atoms with Gasteiger partial charge in [0.25, 0.3) is 0 Å². The largest absolute Gasteiger partial charge is 0.444 e. The fourth-order valence-electron chi connectivity index (χ4n) is 3.76. The normalized spacial score (nSPS) is 23.0. The van der Waals surface area contributed by atoms with Gasteiger partial charge in [-0.05, 0) is 70.9 Å². The number of hydrogen-bond donors (Lipinski definition) is 0. The summed E-state index contributed by atoms with van der Waals surface area (Å²) in [7, 11) is 0. The SMILES string of the molecule is Cc1ccc(CC2COC3(CCN(C(=O)OC(C)(C)C)CC3)C2)nc1. The molecule has 138 valence electrons. The highest BCUT2D eigenvalue weighted by Gasteiger charge is 2.43. The molecular weight excluding hydrogens is 316 g/mol. The van der Waals surface area contributed by atoms with Crippen LogP contribution < -0.4 is 0 Å². The molecule has 2 saturated heterocycles. The van der Waals surface area contributed by atoms with Crippen LogP contribution in [0.5, 0.6) is 0 Å². The molecule has 0 saturated carbocycles. The molecule has 0 aromatic carbocycles. The molecule has 1 atom stereocenters. The minimum absolute atomic E-state index is 0.0616. The van der Waals surface area contributed by atoms with Crippen LogP contribution in [0, 0.1) is 12.8 Å². The summed E-state index contributed by atoms with van der Waals surface area (Å²) >= 11 is 0. The summed E-state index contributed by atoms with van der Waals surface area (Å²) in [6.45, 7) is 9.99. The zero-order valence-electron chi connectivity index (χ0n) is 15.9. The molecule has 2 aliphatic heterocycles. The number of likely N-dealkylation sites (tertiary alicyclic amines) is 1. The first-order valence-electron chi connectivity index (χ1n) is 9.28. The lowest BCUT2D eigenvalue weighted by Gasteiger charge is -2.39. The van der Waals surface area contributed by atoms with E-state index in [2.05, 4.69) is 24.0 Å². The second-order valence-corrected chi connectivity index (χ2v) is 8.56. The van der Waals surface area contributed by atoms with Gasteiger partial charge in [0.2, 0.25) is 0 Å². The predicted molar refractivity (Wildman–Crippen MR) is 96.5 cm³/mol. The van der Waals surface area contributed by atoms with Crippen LogP contribution in [0.1, 0.15) is 51.3 Å². The number of carbonyl (C=O) groups is 1. The van der Waals surface area contributed by atoms with Crippen LogP contribution in [0.3, 0.4) is 0 Å². The number of carbonyl (C=O) groups excluding carboxylic acids is 1. The summed E-state index contributed by atoms with van der Waals surface area (Å²) in [6, 6.07) is 4.23. The molecule has 0 radical (unpaired) electrons. The van der Waals surface area contributed by atoms with Gasteiger partial charge >= 0.3 is 6.09 Å². The number of ether oxygens (including phenoxy) is 2. The quantitative estimate of drug-likeness (QED) is 0.818. The fraction of sp³-hybridized carbons (Fsp3) is 0.700. The molecule has 0 bridgehead atoms. The van der Waals surface area contributed by atoms with Gasteiger partial charge in [-0.1, -0.05) is 6.07 Å². The maximum atomic E-state index is 12.2. The first-order chi connectivity index (χ1) is 11.7. The van der Waals surface area contributed by atoms with E-state index in [9.17, 15) is 4.79 Å². The van der Waals surface area contributed by atoms with E-state index in [1.54, 1.807) is 0 Å². The van der Waals surface area contributed by atoms with E-state index in [1.165, 1.54) is 5.56 Å². The van der Waals surface area contributed by atoms with Gasteiger partial charge in [0.05, 0.1) is 12.2 Å². The molecule has 0 aliphatic carbocycles. The highest BCUT2D eigenvalue weighted by molar-refractivity contribution is 5.68. The van der Waals surface area contributed by atoms with Crippen molar-refractivity contribution in [1.82, 2.24) is 9.88 Å². The maximum absolute atomic E-state index is 12.2. The first kappa shape index (κ1) is 18.2. The van der Waals surface area contributed by atoms with E-state index in [-0.39, 0.29) is 11.7 Å². The van der Waals surface area contributed by atoms with Crippen molar-refractivity contribution in [2.45, 2.75) is 64.6 Å². The van der Waals surface area contributed by atoms with Crippen molar-refractivity contribution in [3.05, 3.63) is 29.6 Å². The number of aryl methyl sites for hydroxylation is 1. The smallest absolute Gasteiger partial charge is 0.410 e. The third kappa shape index (κ3) is 4.72. The Kier molecular flexibility index (Phi) is 5.05. The Morgan fingerprint density at radius 2 is 2.08 bits per heavy atom. The molecule has 0 N–H and O–H groups in total. The van der Waals surface area contributed by atoms with Crippen molar-refractivity contribution in [2.24, 2.45) is 5.92 Å². The Hall–Kier alpha value is -1.62. The van der Waals surface area contributed by atoms with Gasteiger partial charge in [0, 0.05) is 25.0 Å². The minimum atomic E-state index is -0.442. The molecule has 2 fully saturated rings. The Labute approximate surface area is 150 Å². The lowest BCUT2D eigenvalue weighted by Crippen LogP contribution is -2.47. The average Bonchev–Trinajstić information content (AvgIpc) is 2.91. The molecule has 1 spiro atoms. The lowest BCUT2D eigenvalue weighted by molar-refractivity contribution is -0.0487. The summed E-state index contributed by atoms with van der Waals surface area (Å²) in [4.78, 5) is 18.5. The number of amides is 1. The van der Waals surface area contributed by atoms with Crippen molar-refractivity contribution in [1.29, 1.82) is 0 Å². The minimum Gasteiger partial charge on any atom is -0.444 e. The Balaban J connectivity index is 1.50. The van der Waals surface area contributed by atoms with E-state index in [4.69, 9.17) is 9.47 Å². The molecule has 1 amide bonds. The van der Waals surface area contributed by atoms with Crippen molar-refractivity contribution >= 4 is 6.09 Å². The van der Waals surface area contributed by atoms with Crippen molar-refractivity contribution in [3.8, 4) is 0 Å². The number of hydrogen-bond acceptors (Lipinski definition) is 4. The number of aromatic nitrogens is 1. The second-order valence-electron chi connectivity index (χ2n) is 8.56. The van der Waals surface area contributed by atoms with Crippen LogP contribution in [0.25, 0.3) is 0 Å². The highest BCUT2D eigenvalue weighted by Crippen LogP contribution is 2.39. The summed E-state index contributed by atoms with van der Waals surface area (Å²) in [6.07, 6.45) is 5.54. The number of pyridine rings is 1. The molecule has 1 aromatic heterocycles. The van der Waals surface area contributed by atoms with Crippen LogP contribution >= 0.6 is 0 Å². The van der Waals surface area contributed by atoms with Crippen molar-refractivity contribution in [3.63, 3.8) is 0 Å². The highest BCUT2D eigenvalue weighted by atomic mass is 16.6. The van der Waals surface area contributed by atoms with E-state index >= 15 is 0 Å². The van der Waals surface area contributed by atoms with E-state index in [1.807, 2.05) is 31.9 Å². The van der Waals surface area contributed by atoms with Crippen LogP contribution in [-0.4, -0.2) is 46.9 Å². The fourth-order valence-corrected chi connectivity index (χ4v) is 3.76. The van der Waals surface area contributed by atoms with Crippen molar-refractivity contribution in [2.75, 3.05) is 19.7 Å². The Morgan fingerprint density at radius 1 is 1.36 bits per heavy atom. The first-order valence-corrected chi connectivity index (χ1v) is 9.28. The summed E-state index contributed by atoms with van der Waals surface area (Å²) < 4.78 is 11.7. The Bertz CT molecular complexity index is 598. The second kappa shape index (κ2) is 6.94. The van der Waals surface area contributed by atoms with Crippen LogP contribution in [0.4, 0.5) is 4.79 Å². The standard InChI is InChI=1S/C20H30N2O3/c1-15-5-6-17(21-13-15)11-16-12-20(24-14-16)7-9-22(10-8-20)18(23)25-19(2,3)4/h5-6,13,16H,7-12,14H2,1-4H3. The van der Waals surface area contributed by atoms with Gasteiger partial charge < -0.3 is 14.4 Å². The molecule has 1 aromatic rings. The number of rotatable bonds is 2. The molecule has 5 heteroatoms. The number of piperidine rings is 1. The number of nitrogens with zero attached hydrogens (tertiary/aromatic N) is 2. The summed E-state index contributed by atoms with van der Waals surface area (Å²) in [5.41, 5.74) is 1.83. The zero-order chi connectivity index (χ0) is 18.1. The summed E-state index contributed by atoms with van der Waals surface area (Å²) in [5, 5.41) is 0. The van der Waals surface area contributed by atoms with E-state index in [0.717, 1.165) is 38.0 Å². The third-order valence-electron chi connectivity index (χ3n) is 5.08. The topological polar surface area (TPSA) is 51.7 Å². The molecular formula is C20H30N2O3.